The number of benzene rings is 3. The van der Waals surface area contributed by atoms with Gasteiger partial charge in [-0.3, -0.25) is 14.2 Å². The van der Waals surface area contributed by atoms with Crippen molar-refractivity contribution in [3.05, 3.63) is 94.1 Å². The fourth-order valence-corrected chi connectivity index (χ4v) is 4.96. The molecule has 1 aliphatic rings. The molecule has 3 aromatic carbocycles. The number of halogens is 1. The van der Waals surface area contributed by atoms with E-state index in [0.717, 1.165) is 40.7 Å². The largest absolute Gasteiger partial charge is 0.497 e. The Morgan fingerprint density at radius 1 is 1.03 bits per heavy atom. The number of aromatic nitrogens is 1. The third-order valence-electron chi connectivity index (χ3n) is 6.58. The smallest absolute Gasteiger partial charge is 0.262 e. The van der Waals surface area contributed by atoms with E-state index in [2.05, 4.69) is 6.07 Å². The van der Waals surface area contributed by atoms with E-state index in [-0.39, 0.29) is 18.2 Å². The zero-order valence-corrected chi connectivity index (χ0v) is 19.9. The SMILES string of the molecule is COc1ccc2c(c1)c(CC(=O)N1CCCc3ccccc31)c(C)n2C(=O)c1ccc(Cl)cc1. The summed E-state index contributed by atoms with van der Waals surface area (Å²) in [6.45, 7) is 2.59. The molecule has 4 aromatic rings. The summed E-state index contributed by atoms with van der Waals surface area (Å²) in [5, 5.41) is 1.42. The molecule has 172 valence electrons. The van der Waals surface area contributed by atoms with Crippen LogP contribution in [0, 0.1) is 6.92 Å². The highest BCUT2D eigenvalue weighted by Gasteiger charge is 2.26. The van der Waals surface area contributed by atoms with Crippen molar-refractivity contribution in [2.75, 3.05) is 18.6 Å². The Labute approximate surface area is 203 Å². The molecule has 0 unspecified atom stereocenters. The van der Waals surface area contributed by atoms with Gasteiger partial charge in [0.1, 0.15) is 5.75 Å². The van der Waals surface area contributed by atoms with Gasteiger partial charge < -0.3 is 9.64 Å². The van der Waals surface area contributed by atoms with E-state index in [0.29, 0.717) is 22.9 Å². The minimum atomic E-state index is -0.161. The van der Waals surface area contributed by atoms with Crippen molar-refractivity contribution >= 4 is 40.0 Å². The highest BCUT2D eigenvalue weighted by molar-refractivity contribution is 6.30. The maximum Gasteiger partial charge on any atom is 0.262 e. The van der Waals surface area contributed by atoms with Crippen molar-refractivity contribution in [2.24, 2.45) is 0 Å². The van der Waals surface area contributed by atoms with Crippen LogP contribution in [-0.2, 0) is 17.6 Å². The monoisotopic (exact) mass is 472 g/mol. The number of ether oxygens (including phenoxy) is 1. The summed E-state index contributed by atoms with van der Waals surface area (Å²) in [7, 11) is 1.61. The summed E-state index contributed by atoms with van der Waals surface area (Å²) in [4.78, 5) is 28.9. The summed E-state index contributed by atoms with van der Waals surface area (Å²) in [6.07, 6.45) is 2.11. The van der Waals surface area contributed by atoms with Crippen LogP contribution in [-0.4, -0.2) is 30.0 Å². The van der Waals surface area contributed by atoms with Crippen molar-refractivity contribution in [3.63, 3.8) is 0 Å². The zero-order chi connectivity index (χ0) is 23.8. The van der Waals surface area contributed by atoms with Crippen LogP contribution >= 0.6 is 11.6 Å². The van der Waals surface area contributed by atoms with Crippen molar-refractivity contribution in [1.29, 1.82) is 0 Å². The van der Waals surface area contributed by atoms with Crippen molar-refractivity contribution in [1.82, 2.24) is 4.57 Å². The standard InChI is InChI=1S/C28H25ClN2O3/c1-18-23(17-27(32)30-15-5-7-19-6-3-4-8-25(19)30)24-16-22(34-2)13-14-26(24)31(18)28(33)20-9-11-21(29)12-10-20/h3-4,6,8-14,16H,5,7,15,17H2,1-2H3. The number of aryl methyl sites for hydroxylation is 1. The number of methoxy groups -OCH3 is 1. The Morgan fingerprint density at radius 2 is 1.79 bits per heavy atom. The van der Waals surface area contributed by atoms with Crippen LogP contribution in [0.25, 0.3) is 10.9 Å². The van der Waals surface area contributed by atoms with Gasteiger partial charge in [-0.15, -0.1) is 0 Å². The lowest BCUT2D eigenvalue weighted by molar-refractivity contribution is -0.118. The van der Waals surface area contributed by atoms with E-state index in [1.54, 1.807) is 35.9 Å². The number of amides is 1. The fourth-order valence-electron chi connectivity index (χ4n) is 4.84. The van der Waals surface area contributed by atoms with E-state index in [4.69, 9.17) is 16.3 Å². The minimum Gasteiger partial charge on any atom is -0.497 e. The highest BCUT2D eigenvalue weighted by Crippen LogP contribution is 2.33. The molecule has 0 saturated heterocycles. The number of hydrogen-bond acceptors (Lipinski definition) is 3. The highest BCUT2D eigenvalue weighted by atomic mass is 35.5. The number of rotatable bonds is 4. The third kappa shape index (κ3) is 3.86. The number of fused-ring (bicyclic) bond motifs is 2. The maximum atomic E-state index is 13.6. The van der Waals surface area contributed by atoms with Gasteiger partial charge in [0.05, 0.1) is 19.0 Å². The second-order valence-corrected chi connectivity index (χ2v) is 8.99. The quantitative estimate of drug-likeness (QED) is 0.376. The van der Waals surface area contributed by atoms with Gasteiger partial charge in [-0.2, -0.15) is 0 Å². The average molecular weight is 473 g/mol. The van der Waals surface area contributed by atoms with Crippen molar-refractivity contribution in [3.8, 4) is 5.75 Å². The van der Waals surface area contributed by atoms with Gasteiger partial charge >= 0.3 is 0 Å². The summed E-state index contributed by atoms with van der Waals surface area (Å²) in [6, 6.07) is 20.5. The van der Waals surface area contributed by atoms with Crippen LogP contribution in [0.5, 0.6) is 5.75 Å². The first-order valence-corrected chi connectivity index (χ1v) is 11.7. The average Bonchev–Trinajstić information content (AvgIpc) is 3.13. The lowest BCUT2D eigenvalue weighted by atomic mass is 10.00. The Kier molecular flexibility index (Phi) is 5.88. The third-order valence-corrected chi connectivity index (χ3v) is 6.83. The van der Waals surface area contributed by atoms with Crippen LogP contribution < -0.4 is 9.64 Å². The molecule has 0 aliphatic carbocycles. The molecule has 0 fully saturated rings. The fraction of sp³-hybridized carbons (Fsp3) is 0.214. The second kappa shape index (κ2) is 8.99. The Hall–Kier alpha value is -3.57. The number of hydrogen-bond donors (Lipinski definition) is 0. The molecule has 1 amide bonds. The maximum absolute atomic E-state index is 13.6. The van der Waals surface area contributed by atoms with Gasteiger partial charge in [0.2, 0.25) is 5.91 Å². The zero-order valence-electron chi connectivity index (χ0n) is 19.2. The van der Waals surface area contributed by atoms with Gasteiger partial charge in [0.25, 0.3) is 5.91 Å². The van der Waals surface area contributed by atoms with E-state index in [1.165, 1.54) is 5.56 Å². The molecule has 0 atom stereocenters. The molecule has 5 rings (SSSR count). The predicted molar refractivity (Wildman–Crippen MR) is 135 cm³/mol. The molecule has 2 heterocycles. The predicted octanol–water partition coefficient (Wildman–Crippen LogP) is 5.82. The van der Waals surface area contributed by atoms with Crippen molar-refractivity contribution < 1.29 is 14.3 Å². The van der Waals surface area contributed by atoms with Crippen molar-refractivity contribution in [2.45, 2.75) is 26.2 Å². The van der Waals surface area contributed by atoms with Crippen LogP contribution in [0.3, 0.4) is 0 Å². The Bertz CT molecular complexity index is 1410. The van der Waals surface area contributed by atoms with E-state index >= 15 is 0 Å². The summed E-state index contributed by atoms with van der Waals surface area (Å²) >= 11 is 6.02. The Morgan fingerprint density at radius 3 is 2.56 bits per heavy atom. The number of carbonyl (C=O) groups excluding carboxylic acids is 2. The molecule has 34 heavy (non-hydrogen) atoms. The van der Waals surface area contributed by atoms with Crippen LogP contribution in [0.15, 0.2) is 66.7 Å². The molecule has 0 radical (unpaired) electrons. The minimum absolute atomic E-state index is 0.0241. The molecule has 0 saturated carbocycles. The van der Waals surface area contributed by atoms with E-state index in [9.17, 15) is 9.59 Å². The molecule has 6 heteroatoms. The number of para-hydroxylation sites is 1. The molecule has 5 nitrogen and oxygen atoms in total. The molecule has 1 aromatic heterocycles. The van der Waals surface area contributed by atoms with Gasteiger partial charge in [0, 0.05) is 33.9 Å². The summed E-state index contributed by atoms with van der Waals surface area (Å²) < 4.78 is 7.13. The van der Waals surface area contributed by atoms with Gasteiger partial charge in [-0.1, -0.05) is 29.8 Å². The van der Waals surface area contributed by atoms with Gasteiger partial charge in [-0.25, -0.2) is 0 Å². The topological polar surface area (TPSA) is 51.5 Å². The first-order chi connectivity index (χ1) is 16.5. The lowest BCUT2D eigenvalue weighted by Gasteiger charge is -2.29. The summed E-state index contributed by atoms with van der Waals surface area (Å²) in [5.74, 6) is 0.544. The van der Waals surface area contributed by atoms with Crippen LogP contribution in [0.2, 0.25) is 5.02 Å². The molecule has 0 spiro atoms. The Balaban J connectivity index is 1.58. The first kappa shape index (κ1) is 22.2. The molecular formula is C28H25ClN2O3. The number of anilines is 1. The molecular weight excluding hydrogens is 448 g/mol. The number of nitrogens with zero attached hydrogens (tertiary/aromatic N) is 2. The molecule has 1 aliphatic heterocycles. The van der Waals surface area contributed by atoms with Crippen LogP contribution in [0.1, 0.15) is 33.6 Å². The molecule has 0 N–H and O–H groups in total. The summed E-state index contributed by atoms with van der Waals surface area (Å²) in [5.41, 5.74) is 5.05. The second-order valence-electron chi connectivity index (χ2n) is 8.55. The number of carbonyl (C=O) groups is 2. The van der Waals surface area contributed by atoms with Crippen LogP contribution in [0.4, 0.5) is 5.69 Å². The van der Waals surface area contributed by atoms with Gasteiger partial charge in [0.15, 0.2) is 0 Å². The normalized spacial score (nSPS) is 13.1. The van der Waals surface area contributed by atoms with Gasteiger partial charge in [-0.05, 0) is 79.4 Å². The lowest BCUT2D eigenvalue weighted by Crippen LogP contribution is -2.36. The van der Waals surface area contributed by atoms with E-state index in [1.807, 2.05) is 48.2 Å². The first-order valence-electron chi connectivity index (χ1n) is 11.3. The molecule has 0 bridgehead atoms. The van der Waals surface area contributed by atoms with E-state index < -0.39 is 0 Å².